The standard InChI is InChI=1S/C7H13N3O/c1-6(8-4-5-11)7-2-3-9-10-7/h2-3,6,8,11H,4-5H2,1H3,(H,9,10). The van der Waals surface area contributed by atoms with Gasteiger partial charge in [-0.2, -0.15) is 5.10 Å². The van der Waals surface area contributed by atoms with Gasteiger partial charge in [-0.05, 0) is 13.0 Å². The summed E-state index contributed by atoms with van der Waals surface area (Å²) in [5.41, 5.74) is 1.04. The highest BCUT2D eigenvalue weighted by atomic mass is 16.3. The normalized spacial score (nSPS) is 13.3. The van der Waals surface area contributed by atoms with Crippen molar-refractivity contribution in [1.82, 2.24) is 15.5 Å². The molecule has 1 unspecified atom stereocenters. The lowest BCUT2D eigenvalue weighted by Gasteiger charge is -2.09. The van der Waals surface area contributed by atoms with Crippen molar-refractivity contribution in [2.75, 3.05) is 13.2 Å². The number of rotatable bonds is 4. The van der Waals surface area contributed by atoms with Gasteiger partial charge in [0.05, 0.1) is 12.3 Å². The Kier molecular flexibility index (Phi) is 3.07. The molecule has 0 aliphatic heterocycles. The van der Waals surface area contributed by atoms with Crippen LogP contribution in [0.15, 0.2) is 12.3 Å². The van der Waals surface area contributed by atoms with E-state index in [1.807, 2.05) is 13.0 Å². The van der Waals surface area contributed by atoms with Gasteiger partial charge in [0, 0.05) is 18.8 Å². The molecule has 4 nitrogen and oxygen atoms in total. The molecule has 0 fully saturated rings. The Balaban J connectivity index is 2.36. The van der Waals surface area contributed by atoms with E-state index in [-0.39, 0.29) is 12.6 Å². The summed E-state index contributed by atoms with van der Waals surface area (Å²) in [4.78, 5) is 0. The SMILES string of the molecule is CC(NCCO)c1ccn[nH]1. The van der Waals surface area contributed by atoms with Gasteiger partial charge in [-0.15, -0.1) is 0 Å². The first-order valence-electron chi connectivity index (χ1n) is 3.68. The van der Waals surface area contributed by atoms with Crippen molar-refractivity contribution in [3.05, 3.63) is 18.0 Å². The molecule has 1 aromatic rings. The molecule has 0 aliphatic carbocycles. The van der Waals surface area contributed by atoms with Crippen LogP contribution in [0.4, 0.5) is 0 Å². The maximum atomic E-state index is 8.52. The lowest BCUT2D eigenvalue weighted by atomic mass is 10.2. The molecule has 0 radical (unpaired) electrons. The van der Waals surface area contributed by atoms with Gasteiger partial charge in [-0.1, -0.05) is 0 Å². The number of aliphatic hydroxyl groups is 1. The van der Waals surface area contributed by atoms with Gasteiger partial charge in [0.1, 0.15) is 0 Å². The first kappa shape index (κ1) is 8.23. The van der Waals surface area contributed by atoms with E-state index in [0.29, 0.717) is 6.54 Å². The van der Waals surface area contributed by atoms with Crippen LogP contribution in [0, 0.1) is 0 Å². The lowest BCUT2D eigenvalue weighted by molar-refractivity contribution is 0.286. The number of aromatic nitrogens is 2. The molecule has 0 aromatic carbocycles. The van der Waals surface area contributed by atoms with Crippen LogP contribution >= 0.6 is 0 Å². The minimum Gasteiger partial charge on any atom is -0.395 e. The summed E-state index contributed by atoms with van der Waals surface area (Å²) in [6, 6.07) is 2.14. The van der Waals surface area contributed by atoms with E-state index in [9.17, 15) is 0 Å². The highest BCUT2D eigenvalue weighted by molar-refractivity contribution is 5.02. The van der Waals surface area contributed by atoms with E-state index >= 15 is 0 Å². The monoisotopic (exact) mass is 155 g/mol. The maximum Gasteiger partial charge on any atom is 0.0556 e. The van der Waals surface area contributed by atoms with Crippen LogP contribution in [-0.4, -0.2) is 28.5 Å². The third-order valence-electron chi connectivity index (χ3n) is 1.55. The smallest absolute Gasteiger partial charge is 0.0556 e. The first-order valence-corrected chi connectivity index (χ1v) is 3.68. The predicted molar refractivity (Wildman–Crippen MR) is 42.1 cm³/mol. The summed E-state index contributed by atoms with van der Waals surface area (Å²) in [5, 5.41) is 18.3. The fraction of sp³-hybridized carbons (Fsp3) is 0.571. The highest BCUT2D eigenvalue weighted by Crippen LogP contribution is 2.05. The summed E-state index contributed by atoms with van der Waals surface area (Å²) >= 11 is 0. The number of hydrogen-bond acceptors (Lipinski definition) is 3. The Bertz CT molecular complexity index is 186. The van der Waals surface area contributed by atoms with Crippen LogP contribution in [0.5, 0.6) is 0 Å². The van der Waals surface area contributed by atoms with Gasteiger partial charge < -0.3 is 10.4 Å². The minimum atomic E-state index is 0.165. The molecule has 0 aliphatic rings. The van der Waals surface area contributed by atoms with Crippen molar-refractivity contribution < 1.29 is 5.11 Å². The molecule has 1 aromatic heterocycles. The van der Waals surface area contributed by atoms with Crippen molar-refractivity contribution >= 4 is 0 Å². The van der Waals surface area contributed by atoms with Gasteiger partial charge in [0.25, 0.3) is 0 Å². The Morgan fingerprint density at radius 3 is 3.18 bits per heavy atom. The second kappa shape index (κ2) is 4.10. The Morgan fingerprint density at radius 1 is 1.82 bits per heavy atom. The highest BCUT2D eigenvalue weighted by Gasteiger charge is 2.03. The van der Waals surface area contributed by atoms with E-state index in [0.717, 1.165) is 5.69 Å². The molecule has 0 bridgehead atoms. The first-order chi connectivity index (χ1) is 5.34. The quantitative estimate of drug-likeness (QED) is 0.576. The molecule has 4 heteroatoms. The van der Waals surface area contributed by atoms with E-state index in [1.54, 1.807) is 6.20 Å². The summed E-state index contributed by atoms with van der Waals surface area (Å²) in [5.74, 6) is 0. The van der Waals surface area contributed by atoms with Gasteiger partial charge in [-0.3, -0.25) is 5.10 Å². The fourth-order valence-corrected chi connectivity index (χ4v) is 0.899. The summed E-state index contributed by atoms with van der Waals surface area (Å²) in [7, 11) is 0. The number of nitrogens with zero attached hydrogens (tertiary/aromatic N) is 1. The molecule has 3 N–H and O–H groups in total. The Morgan fingerprint density at radius 2 is 2.64 bits per heavy atom. The van der Waals surface area contributed by atoms with Gasteiger partial charge in [0.2, 0.25) is 0 Å². The number of aliphatic hydroxyl groups excluding tert-OH is 1. The summed E-state index contributed by atoms with van der Waals surface area (Å²) in [6.45, 7) is 2.79. The van der Waals surface area contributed by atoms with Gasteiger partial charge in [0.15, 0.2) is 0 Å². The molecule has 1 rings (SSSR count). The zero-order valence-electron chi connectivity index (χ0n) is 6.54. The molecule has 1 heterocycles. The summed E-state index contributed by atoms with van der Waals surface area (Å²) in [6.07, 6.45) is 1.71. The number of H-pyrrole nitrogens is 1. The van der Waals surface area contributed by atoms with E-state index in [4.69, 9.17) is 5.11 Å². The van der Waals surface area contributed by atoms with Crippen LogP contribution in [0.25, 0.3) is 0 Å². The predicted octanol–water partition coefficient (Wildman–Crippen LogP) is 0.0526. The number of hydrogen-bond donors (Lipinski definition) is 3. The van der Waals surface area contributed by atoms with Crippen molar-refractivity contribution in [2.24, 2.45) is 0 Å². The average molecular weight is 155 g/mol. The summed E-state index contributed by atoms with van der Waals surface area (Å²) < 4.78 is 0. The Labute approximate surface area is 65.6 Å². The molecular formula is C7H13N3O. The maximum absolute atomic E-state index is 8.52. The van der Waals surface area contributed by atoms with Crippen molar-refractivity contribution in [2.45, 2.75) is 13.0 Å². The zero-order valence-corrected chi connectivity index (χ0v) is 6.54. The molecule has 1 atom stereocenters. The fourth-order valence-electron chi connectivity index (χ4n) is 0.899. The largest absolute Gasteiger partial charge is 0.395 e. The molecule has 0 saturated heterocycles. The second-order valence-corrected chi connectivity index (χ2v) is 2.41. The van der Waals surface area contributed by atoms with Crippen molar-refractivity contribution in [3.63, 3.8) is 0 Å². The Hall–Kier alpha value is -0.870. The third-order valence-corrected chi connectivity index (χ3v) is 1.55. The van der Waals surface area contributed by atoms with Gasteiger partial charge in [-0.25, -0.2) is 0 Å². The number of nitrogens with one attached hydrogen (secondary N) is 2. The van der Waals surface area contributed by atoms with Crippen LogP contribution in [0.3, 0.4) is 0 Å². The number of aromatic amines is 1. The molecular weight excluding hydrogens is 142 g/mol. The van der Waals surface area contributed by atoms with E-state index in [1.165, 1.54) is 0 Å². The molecule has 0 amide bonds. The van der Waals surface area contributed by atoms with Crippen molar-refractivity contribution in [1.29, 1.82) is 0 Å². The average Bonchev–Trinajstić information content (AvgIpc) is 2.52. The van der Waals surface area contributed by atoms with Crippen molar-refractivity contribution in [3.8, 4) is 0 Å². The third kappa shape index (κ3) is 2.32. The van der Waals surface area contributed by atoms with Gasteiger partial charge >= 0.3 is 0 Å². The van der Waals surface area contributed by atoms with Crippen LogP contribution in [0.2, 0.25) is 0 Å². The second-order valence-electron chi connectivity index (χ2n) is 2.41. The van der Waals surface area contributed by atoms with E-state index in [2.05, 4.69) is 15.5 Å². The molecule has 0 spiro atoms. The minimum absolute atomic E-state index is 0.165. The lowest BCUT2D eigenvalue weighted by Crippen LogP contribution is -2.22. The van der Waals surface area contributed by atoms with E-state index < -0.39 is 0 Å². The zero-order chi connectivity index (χ0) is 8.10. The molecule has 11 heavy (non-hydrogen) atoms. The molecule has 0 saturated carbocycles. The van der Waals surface area contributed by atoms with Crippen LogP contribution in [-0.2, 0) is 0 Å². The molecule has 62 valence electrons. The van der Waals surface area contributed by atoms with Crippen LogP contribution in [0.1, 0.15) is 18.7 Å². The topological polar surface area (TPSA) is 60.9 Å². The van der Waals surface area contributed by atoms with Crippen LogP contribution < -0.4 is 5.32 Å².